The third-order valence-electron chi connectivity index (χ3n) is 4.42. The molecule has 3 rings (SSSR count). The second-order valence-corrected chi connectivity index (χ2v) is 6.81. The summed E-state index contributed by atoms with van der Waals surface area (Å²) in [6, 6.07) is 15.6. The average Bonchev–Trinajstić information content (AvgIpc) is 3.07. The highest BCUT2D eigenvalue weighted by atomic mass is 35.5. The summed E-state index contributed by atoms with van der Waals surface area (Å²) >= 11 is 6.13. The van der Waals surface area contributed by atoms with E-state index in [9.17, 15) is 4.79 Å². The van der Waals surface area contributed by atoms with Gasteiger partial charge in [0.25, 0.3) is 0 Å². The first-order valence-corrected chi connectivity index (χ1v) is 9.78. The molecule has 0 atom stereocenters. The van der Waals surface area contributed by atoms with Gasteiger partial charge in [0, 0.05) is 19.5 Å². The first kappa shape index (κ1) is 20.0. The molecular formula is C22H24ClN3O2. The van der Waals surface area contributed by atoms with E-state index in [2.05, 4.69) is 22.5 Å². The minimum absolute atomic E-state index is 0.148. The zero-order valence-corrected chi connectivity index (χ0v) is 16.5. The summed E-state index contributed by atoms with van der Waals surface area (Å²) in [6.07, 6.45) is 3.73. The van der Waals surface area contributed by atoms with Gasteiger partial charge in [-0.3, -0.25) is 4.79 Å². The molecule has 0 spiro atoms. The first-order valence-electron chi connectivity index (χ1n) is 9.41. The van der Waals surface area contributed by atoms with E-state index in [1.807, 2.05) is 42.5 Å². The van der Waals surface area contributed by atoms with Crippen LogP contribution in [0.3, 0.4) is 0 Å². The monoisotopic (exact) mass is 397 g/mol. The molecule has 0 aliphatic rings. The Kier molecular flexibility index (Phi) is 7.09. The standard InChI is InChI=1S/C22H24ClN3O2/c1-2-22(27)24-14-7-13-21-25-18-10-4-5-11-19(18)26(21)15-8-16-28-20-12-6-3-9-17(20)23/h2-6,9-12H,1,7-8,13-16H2,(H,24,27). The van der Waals surface area contributed by atoms with Gasteiger partial charge in [-0.15, -0.1) is 0 Å². The first-order chi connectivity index (χ1) is 13.7. The van der Waals surface area contributed by atoms with Crippen LogP contribution in [0.4, 0.5) is 0 Å². The number of ether oxygens (including phenoxy) is 1. The van der Waals surface area contributed by atoms with E-state index in [1.165, 1.54) is 6.08 Å². The number of hydrogen-bond donors (Lipinski definition) is 1. The normalized spacial score (nSPS) is 10.8. The molecule has 5 nitrogen and oxygen atoms in total. The van der Waals surface area contributed by atoms with Gasteiger partial charge in [-0.05, 0) is 43.2 Å². The van der Waals surface area contributed by atoms with Crippen molar-refractivity contribution < 1.29 is 9.53 Å². The molecule has 1 aromatic heterocycles. The molecule has 1 heterocycles. The fourth-order valence-electron chi connectivity index (χ4n) is 3.06. The van der Waals surface area contributed by atoms with Crippen LogP contribution in [-0.4, -0.2) is 28.6 Å². The lowest BCUT2D eigenvalue weighted by molar-refractivity contribution is -0.116. The molecule has 0 aliphatic heterocycles. The summed E-state index contributed by atoms with van der Waals surface area (Å²) in [5.41, 5.74) is 2.10. The molecule has 1 amide bonds. The molecule has 1 N–H and O–H groups in total. The van der Waals surface area contributed by atoms with Gasteiger partial charge >= 0.3 is 0 Å². The number of nitrogens with zero attached hydrogens (tertiary/aromatic N) is 2. The van der Waals surface area contributed by atoms with Crippen molar-refractivity contribution in [2.75, 3.05) is 13.2 Å². The van der Waals surface area contributed by atoms with Gasteiger partial charge in [0.15, 0.2) is 0 Å². The number of hydrogen-bond acceptors (Lipinski definition) is 3. The van der Waals surface area contributed by atoms with E-state index in [0.29, 0.717) is 23.9 Å². The second-order valence-electron chi connectivity index (χ2n) is 6.40. The molecule has 0 bridgehead atoms. The number of rotatable bonds is 10. The number of para-hydroxylation sites is 3. The molecule has 146 valence electrons. The number of aromatic nitrogens is 2. The minimum atomic E-state index is -0.148. The Morgan fingerprint density at radius 1 is 1.18 bits per heavy atom. The predicted octanol–water partition coefficient (Wildman–Crippen LogP) is 4.39. The summed E-state index contributed by atoms with van der Waals surface area (Å²) in [6.45, 7) is 5.44. The van der Waals surface area contributed by atoms with Gasteiger partial charge in [0.1, 0.15) is 11.6 Å². The zero-order valence-electron chi connectivity index (χ0n) is 15.7. The van der Waals surface area contributed by atoms with Gasteiger partial charge in [-0.25, -0.2) is 4.98 Å². The molecule has 0 aliphatic carbocycles. The van der Waals surface area contributed by atoms with Crippen LogP contribution in [-0.2, 0) is 17.8 Å². The number of halogens is 1. The highest BCUT2D eigenvalue weighted by Gasteiger charge is 2.10. The van der Waals surface area contributed by atoms with E-state index >= 15 is 0 Å². The average molecular weight is 398 g/mol. The van der Waals surface area contributed by atoms with Crippen LogP contribution in [0, 0.1) is 0 Å². The van der Waals surface area contributed by atoms with Crippen molar-refractivity contribution in [1.82, 2.24) is 14.9 Å². The maximum atomic E-state index is 11.3. The second kappa shape index (κ2) is 9.95. The Bertz CT molecular complexity index is 952. The zero-order chi connectivity index (χ0) is 19.8. The van der Waals surface area contributed by atoms with Crippen LogP contribution in [0.1, 0.15) is 18.7 Å². The number of amides is 1. The molecule has 28 heavy (non-hydrogen) atoms. The van der Waals surface area contributed by atoms with Crippen molar-refractivity contribution in [1.29, 1.82) is 0 Å². The van der Waals surface area contributed by atoms with E-state index in [-0.39, 0.29) is 5.91 Å². The van der Waals surface area contributed by atoms with Gasteiger partial charge < -0.3 is 14.6 Å². The highest BCUT2D eigenvalue weighted by Crippen LogP contribution is 2.23. The number of benzene rings is 2. The number of carbonyl (C=O) groups excluding carboxylic acids is 1. The SMILES string of the molecule is C=CC(=O)NCCCc1nc2ccccc2n1CCCOc1ccccc1Cl. The third-order valence-corrected chi connectivity index (χ3v) is 4.73. The summed E-state index contributed by atoms with van der Waals surface area (Å²) in [5, 5.41) is 3.43. The number of carbonyl (C=O) groups is 1. The lowest BCUT2D eigenvalue weighted by Gasteiger charge is -2.11. The van der Waals surface area contributed by atoms with E-state index in [4.69, 9.17) is 21.3 Å². The molecule has 0 radical (unpaired) electrons. The molecule has 0 fully saturated rings. The molecule has 2 aromatic carbocycles. The maximum absolute atomic E-state index is 11.3. The van der Waals surface area contributed by atoms with E-state index in [1.54, 1.807) is 0 Å². The van der Waals surface area contributed by atoms with Crippen molar-refractivity contribution >= 4 is 28.5 Å². The lowest BCUT2D eigenvalue weighted by atomic mass is 10.2. The van der Waals surface area contributed by atoms with Crippen molar-refractivity contribution in [3.63, 3.8) is 0 Å². The highest BCUT2D eigenvalue weighted by molar-refractivity contribution is 6.32. The van der Waals surface area contributed by atoms with Crippen LogP contribution in [0.15, 0.2) is 61.2 Å². The summed E-state index contributed by atoms with van der Waals surface area (Å²) in [4.78, 5) is 16.0. The van der Waals surface area contributed by atoms with Crippen LogP contribution in [0.5, 0.6) is 5.75 Å². The van der Waals surface area contributed by atoms with Gasteiger partial charge in [0.2, 0.25) is 5.91 Å². The maximum Gasteiger partial charge on any atom is 0.243 e. The van der Waals surface area contributed by atoms with E-state index in [0.717, 1.165) is 42.7 Å². The van der Waals surface area contributed by atoms with Crippen molar-refractivity contribution in [2.45, 2.75) is 25.8 Å². The Labute approximate surface area is 170 Å². The summed E-state index contributed by atoms with van der Waals surface area (Å²) in [5.74, 6) is 1.58. The van der Waals surface area contributed by atoms with Crippen LogP contribution in [0.2, 0.25) is 5.02 Å². The molecule has 3 aromatic rings. The Balaban J connectivity index is 1.61. The lowest BCUT2D eigenvalue weighted by Crippen LogP contribution is -2.22. The summed E-state index contributed by atoms with van der Waals surface area (Å²) < 4.78 is 8.04. The number of imidazole rings is 1. The minimum Gasteiger partial charge on any atom is -0.492 e. The Hall–Kier alpha value is -2.79. The topological polar surface area (TPSA) is 56.2 Å². The fourth-order valence-corrected chi connectivity index (χ4v) is 3.25. The molecule has 0 unspecified atom stereocenters. The summed E-state index contributed by atoms with van der Waals surface area (Å²) in [7, 11) is 0. The third kappa shape index (κ3) is 5.14. The Morgan fingerprint density at radius 2 is 1.96 bits per heavy atom. The van der Waals surface area contributed by atoms with Crippen LogP contribution >= 0.6 is 11.6 Å². The van der Waals surface area contributed by atoms with Gasteiger partial charge in [-0.2, -0.15) is 0 Å². The molecule has 6 heteroatoms. The number of nitrogens with one attached hydrogen (secondary N) is 1. The quantitative estimate of drug-likeness (QED) is 0.407. The van der Waals surface area contributed by atoms with Crippen molar-refractivity contribution in [2.24, 2.45) is 0 Å². The predicted molar refractivity (Wildman–Crippen MR) is 113 cm³/mol. The largest absolute Gasteiger partial charge is 0.492 e. The van der Waals surface area contributed by atoms with E-state index < -0.39 is 0 Å². The Morgan fingerprint density at radius 3 is 2.79 bits per heavy atom. The van der Waals surface area contributed by atoms with Gasteiger partial charge in [-0.1, -0.05) is 42.4 Å². The molecular weight excluding hydrogens is 374 g/mol. The molecule has 0 saturated carbocycles. The van der Waals surface area contributed by atoms with Gasteiger partial charge in [0.05, 0.1) is 22.7 Å². The number of aryl methyl sites for hydroxylation is 2. The smallest absolute Gasteiger partial charge is 0.243 e. The number of fused-ring (bicyclic) bond motifs is 1. The van der Waals surface area contributed by atoms with Crippen molar-refractivity contribution in [3.05, 3.63) is 72.0 Å². The van der Waals surface area contributed by atoms with Crippen molar-refractivity contribution in [3.8, 4) is 5.75 Å². The molecule has 0 saturated heterocycles. The fraction of sp³-hybridized carbons (Fsp3) is 0.273. The van der Waals surface area contributed by atoms with Crippen LogP contribution < -0.4 is 10.1 Å². The van der Waals surface area contributed by atoms with Crippen LogP contribution in [0.25, 0.3) is 11.0 Å².